The molecule has 19 heavy (non-hydrogen) atoms. The van der Waals surface area contributed by atoms with E-state index in [4.69, 9.17) is 5.73 Å². The number of hydrogen-bond acceptors (Lipinski definition) is 5. The van der Waals surface area contributed by atoms with Crippen molar-refractivity contribution in [2.75, 3.05) is 5.73 Å². The van der Waals surface area contributed by atoms with Gasteiger partial charge in [-0.2, -0.15) is 0 Å². The van der Waals surface area contributed by atoms with E-state index in [-0.39, 0.29) is 28.2 Å². The van der Waals surface area contributed by atoms with Crippen LogP contribution in [0.5, 0.6) is 0 Å². The molecule has 0 unspecified atom stereocenters. The van der Waals surface area contributed by atoms with Gasteiger partial charge < -0.3 is 5.73 Å². The van der Waals surface area contributed by atoms with Crippen molar-refractivity contribution in [3.05, 3.63) is 36.9 Å². The van der Waals surface area contributed by atoms with Crippen molar-refractivity contribution in [3.8, 4) is 0 Å². The minimum Gasteiger partial charge on any atom is -0.398 e. The van der Waals surface area contributed by atoms with E-state index in [9.17, 15) is 20.2 Å². The molecule has 1 aromatic carbocycles. The predicted octanol–water partition coefficient (Wildman–Crippen LogP) is 3.00. The summed E-state index contributed by atoms with van der Waals surface area (Å²) in [4.78, 5) is 21.1. The van der Waals surface area contributed by atoms with Gasteiger partial charge in [-0.1, -0.05) is 20.8 Å². The highest BCUT2D eigenvalue weighted by Crippen LogP contribution is 2.44. The summed E-state index contributed by atoms with van der Waals surface area (Å²) in [5.41, 5.74) is 5.58. The predicted molar refractivity (Wildman–Crippen MR) is 72.3 cm³/mol. The van der Waals surface area contributed by atoms with E-state index in [1.54, 1.807) is 20.8 Å². The Balaban J connectivity index is 3.97. The Morgan fingerprint density at radius 3 is 1.68 bits per heavy atom. The first-order chi connectivity index (χ1) is 8.50. The lowest BCUT2D eigenvalue weighted by atomic mass is 9.81. The van der Waals surface area contributed by atoms with Gasteiger partial charge in [0, 0.05) is 0 Å². The number of anilines is 1. The number of benzene rings is 1. The number of rotatable bonds is 2. The molecule has 0 aromatic heterocycles. The van der Waals surface area contributed by atoms with E-state index in [0.29, 0.717) is 5.56 Å². The molecule has 0 amide bonds. The maximum absolute atomic E-state index is 11.3. The van der Waals surface area contributed by atoms with Crippen molar-refractivity contribution in [2.24, 2.45) is 0 Å². The second-order valence-corrected chi connectivity index (χ2v) is 5.50. The van der Waals surface area contributed by atoms with Crippen molar-refractivity contribution in [2.45, 2.75) is 40.0 Å². The summed E-state index contributed by atoms with van der Waals surface area (Å²) in [6.07, 6.45) is 0. The molecule has 104 valence electrons. The van der Waals surface area contributed by atoms with Crippen LogP contribution < -0.4 is 5.73 Å². The summed E-state index contributed by atoms with van der Waals surface area (Å²) in [5.74, 6) is 0. The summed E-state index contributed by atoms with van der Waals surface area (Å²) >= 11 is 0. The van der Waals surface area contributed by atoms with Gasteiger partial charge in [-0.3, -0.25) is 20.2 Å². The van der Waals surface area contributed by atoms with Crippen LogP contribution in [0.1, 0.15) is 37.5 Å². The Hall–Kier alpha value is -2.18. The van der Waals surface area contributed by atoms with Gasteiger partial charge in [0.2, 0.25) is 0 Å². The summed E-state index contributed by atoms with van der Waals surface area (Å²) in [7, 11) is 0. The van der Waals surface area contributed by atoms with Crippen LogP contribution in [0.25, 0.3) is 0 Å². The highest BCUT2D eigenvalue weighted by Gasteiger charge is 2.36. The molecule has 0 aliphatic rings. The molecule has 0 heterocycles. The van der Waals surface area contributed by atoms with Gasteiger partial charge in [-0.05, 0) is 19.3 Å². The lowest BCUT2D eigenvalue weighted by molar-refractivity contribution is -0.396. The largest absolute Gasteiger partial charge is 0.398 e. The van der Waals surface area contributed by atoms with Gasteiger partial charge in [-0.25, -0.2) is 0 Å². The Bertz CT molecular complexity index is 574. The monoisotopic (exact) mass is 267 g/mol. The zero-order chi connectivity index (χ0) is 15.1. The molecule has 7 nitrogen and oxygen atoms in total. The quantitative estimate of drug-likeness (QED) is 0.502. The first-order valence-electron chi connectivity index (χ1n) is 5.72. The fraction of sp³-hybridized carbons (Fsp3) is 0.500. The van der Waals surface area contributed by atoms with E-state index in [1.165, 1.54) is 13.8 Å². The standard InChI is InChI=1S/C12H17N3O4/c1-6-9(13)8(12(3,4)5)11(15(18)19)7(2)10(6)14(16)17/h13H2,1-5H3. The summed E-state index contributed by atoms with van der Waals surface area (Å²) in [5, 5.41) is 22.3. The van der Waals surface area contributed by atoms with Crippen LogP contribution >= 0.6 is 0 Å². The van der Waals surface area contributed by atoms with Crippen molar-refractivity contribution in [1.29, 1.82) is 0 Å². The van der Waals surface area contributed by atoms with Gasteiger partial charge in [0.05, 0.1) is 26.7 Å². The molecular weight excluding hydrogens is 250 g/mol. The molecule has 0 saturated carbocycles. The fourth-order valence-corrected chi connectivity index (χ4v) is 2.28. The van der Waals surface area contributed by atoms with Gasteiger partial charge >= 0.3 is 0 Å². The molecule has 0 aliphatic heterocycles. The Kier molecular flexibility index (Phi) is 3.52. The molecular formula is C12H17N3O4. The first kappa shape index (κ1) is 14.9. The van der Waals surface area contributed by atoms with Gasteiger partial charge in [-0.15, -0.1) is 0 Å². The maximum atomic E-state index is 11.3. The third kappa shape index (κ3) is 2.35. The average Bonchev–Trinajstić information content (AvgIpc) is 2.20. The normalized spacial score (nSPS) is 11.4. The number of nitrogens with zero attached hydrogens (tertiary/aromatic N) is 2. The molecule has 1 aromatic rings. The highest BCUT2D eigenvalue weighted by molar-refractivity contribution is 5.75. The average molecular weight is 267 g/mol. The molecule has 0 saturated heterocycles. The Labute approximate surface area is 110 Å². The highest BCUT2D eigenvalue weighted by atomic mass is 16.6. The van der Waals surface area contributed by atoms with Crippen LogP contribution in [0.3, 0.4) is 0 Å². The molecule has 0 radical (unpaired) electrons. The maximum Gasteiger partial charge on any atom is 0.284 e. The van der Waals surface area contributed by atoms with Gasteiger partial charge in [0.15, 0.2) is 0 Å². The van der Waals surface area contributed by atoms with E-state index >= 15 is 0 Å². The van der Waals surface area contributed by atoms with Crippen LogP contribution in [0.4, 0.5) is 17.1 Å². The summed E-state index contributed by atoms with van der Waals surface area (Å²) < 4.78 is 0. The van der Waals surface area contributed by atoms with Crippen LogP contribution in [-0.2, 0) is 5.41 Å². The Morgan fingerprint density at radius 1 is 0.947 bits per heavy atom. The third-order valence-corrected chi connectivity index (χ3v) is 3.09. The lowest BCUT2D eigenvalue weighted by Gasteiger charge is -2.23. The molecule has 0 aliphatic carbocycles. The van der Waals surface area contributed by atoms with Gasteiger partial charge in [0.25, 0.3) is 11.4 Å². The summed E-state index contributed by atoms with van der Waals surface area (Å²) in [6, 6.07) is 0. The summed E-state index contributed by atoms with van der Waals surface area (Å²) in [6.45, 7) is 8.26. The first-order valence-corrected chi connectivity index (χ1v) is 5.72. The van der Waals surface area contributed by atoms with Crippen molar-refractivity contribution >= 4 is 17.1 Å². The number of nitro benzene ring substituents is 2. The molecule has 0 fully saturated rings. The smallest absolute Gasteiger partial charge is 0.284 e. The van der Waals surface area contributed by atoms with E-state index < -0.39 is 15.3 Å². The topological polar surface area (TPSA) is 112 Å². The second-order valence-electron chi connectivity index (χ2n) is 5.50. The Morgan fingerprint density at radius 2 is 1.37 bits per heavy atom. The minimum atomic E-state index is -0.625. The van der Waals surface area contributed by atoms with Gasteiger partial charge in [0.1, 0.15) is 5.56 Å². The minimum absolute atomic E-state index is 0.0478. The van der Waals surface area contributed by atoms with E-state index in [0.717, 1.165) is 0 Å². The van der Waals surface area contributed by atoms with E-state index in [1.807, 2.05) is 0 Å². The molecule has 0 spiro atoms. The zero-order valence-corrected chi connectivity index (χ0v) is 11.6. The fourth-order valence-electron chi connectivity index (χ4n) is 2.28. The molecule has 2 N–H and O–H groups in total. The zero-order valence-electron chi connectivity index (χ0n) is 11.6. The number of hydrogen-bond donors (Lipinski definition) is 1. The van der Waals surface area contributed by atoms with Crippen LogP contribution in [0.2, 0.25) is 0 Å². The number of nitrogen functional groups attached to an aromatic ring is 1. The van der Waals surface area contributed by atoms with Crippen LogP contribution in [-0.4, -0.2) is 9.85 Å². The van der Waals surface area contributed by atoms with E-state index in [2.05, 4.69) is 0 Å². The molecule has 0 atom stereocenters. The van der Waals surface area contributed by atoms with Crippen LogP contribution in [0.15, 0.2) is 0 Å². The number of nitrogens with two attached hydrogens (primary N) is 1. The molecule has 7 heteroatoms. The SMILES string of the molecule is Cc1c(N)c(C(C)(C)C)c([N+](=O)[O-])c(C)c1[N+](=O)[O-]. The van der Waals surface area contributed by atoms with Crippen molar-refractivity contribution in [3.63, 3.8) is 0 Å². The van der Waals surface area contributed by atoms with Crippen molar-refractivity contribution < 1.29 is 9.85 Å². The molecule has 1 rings (SSSR count). The van der Waals surface area contributed by atoms with Crippen molar-refractivity contribution in [1.82, 2.24) is 0 Å². The number of nitro groups is 2. The second kappa shape index (κ2) is 4.49. The molecule has 0 bridgehead atoms. The lowest BCUT2D eigenvalue weighted by Crippen LogP contribution is -2.19. The van der Waals surface area contributed by atoms with Crippen LogP contribution in [0, 0.1) is 34.1 Å². The third-order valence-electron chi connectivity index (χ3n) is 3.09.